The monoisotopic (exact) mass is 316 g/mol. The SMILES string of the molecule is C/C=C(\OCC)c1nc(C)c(C(=O)NCc2ccccc2)s1. The van der Waals surface area contributed by atoms with Gasteiger partial charge in [-0.2, -0.15) is 0 Å². The highest BCUT2D eigenvalue weighted by atomic mass is 32.1. The Labute approximate surface area is 134 Å². The second kappa shape index (κ2) is 7.75. The number of rotatable bonds is 6. The van der Waals surface area contributed by atoms with Crippen LogP contribution in [-0.4, -0.2) is 17.5 Å². The van der Waals surface area contributed by atoms with Crippen LogP contribution in [0.4, 0.5) is 0 Å². The van der Waals surface area contributed by atoms with Crippen molar-refractivity contribution in [2.24, 2.45) is 0 Å². The third kappa shape index (κ3) is 3.95. The third-order valence-electron chi connectivity index (χ3n) is 3.07. The highest BCUT2D eigenvalue weighted by Crippen LogP contribution is 2.25. The van der Waals surface area contributed by atoms with Gasteiger partial charge in [0.15, 0.2) is 10.8 Å². The molecule has 0 radical (unpaired) electrons. The number of benzene rings is 1. The fourth-order valence-electron chi connectivity index (χ4n) is 2.00. The maximum Gasteiger partial charge on any atom is 0.263 e. The van der Waals surface area contributed by atoms with Gasteiger partial charge in [0.05, 0.1) is 12.3 Å². The van der Waals surface area contributed by atoms with Gasteiger partial charge in [-0.05, 0) is 32.4 Å². The molecular formula is C17H20N2O2S. The molecule has 4 nitrogen and oxygen atoms in total. The van der Waals surface area contributed by atoms with Crippen molar-refractivity contribution >= 4 is 23.0 Å². The number of carbonyl (C=O) groups is 1. The van der Waals surface area contributed by atoms with Crippen LogP contribution in [0.3, 0.4) is 0 Å². The molecule has 1 aromatic heterocycles. The average Bonchev–Trinajstić information content (AvgIpc) is 2.93. The number of thiazole rings is 1. The van der Waals surface area contributed by atoms with E-state index in [4.69, 9.17) is 4.74 Å². The summed E-state index contributed by atoms with van der Waals surface area (Å²) >= 11 is 1.36. The fraction of sp³-hybridized carbons (Fsp3) is 0.294. The Balaban J connectivity index is 2.08. The van der Waals surface area contributed by atoms with Crippen molar-refractivity contribution in [3.63, 3.8) is 0 Å². The molecule has 0 saturated heterocycles. The molecule has 1 aromatic carbocycles. The first-order chi connectivity index (χ1) is 10.7. The highest BCUT2D eigenvalue weighted by molar-refractivity contribution is 7.14. The van der Waals surface area contributed by atoms with Crippen LogP contribution in [0.25, 0.3) is 5.76 Å². The molecule has 0 aliphatic heterocycles. The van der Waals surface area contributed by atoms with Crippen molar-refractivity contribution in [2.75, 3.05) is 6.61 Å². The Hall–Kier alpha value is -2.14. The summed E-state index contributed by atoms with van der Waals surface area (Å²) in [4.78, 5) is 17.4. The van der Waals surface area contributed by atoms with Gasteiger partial charge in [-0.1, -0.05) is 30.3 Å². The van der Waals surface area contributed by atoms with Gasteiger partial charge in [0.25, 0.3) is 5.91 Å². The van der Waals surface area contributed by atoms with E-state index in [0.29, 0.717) is 18.0 Å². The fourth-order valence-corrected chi connectivity index (χ4v) is 3.01. The number of hydrogen-bond acceptors (Lipinski definition) is 4. The number of nitrogens with one attached hydrogen (secondary N) is 1. The van der Waals surface area contributed by atoms with Gasteiger partial charge in [0.1, 0.15) is 4.88 Å². The molecule has 1 N–H and O–H groups in total. The second-order valence-corrected chi connectivity index (χ2v) is 5.69. The van der Waals surface area contributed by atoms with E-state index in [9.17, 15) is 4.79 Å². The van der Waals surface area contributed by atoms with E-state index in [-0.39, 0.29) is 5.91 Å². The number of hydrogen-bond donors (Lipinski definition) is 1. The number of aryl methyl sites for hydroxylation is 1. The van der Waals surface area contributed by atoms with Crippen molar-refractivity contribution in [1.82, 2.24) is 10.3 Å². The average molecular weight is 316 g/mol. The van der Waals surface area contributed by atoms with E-state index in [0.717, 1.165) is 22.0 Å². The lowest BCUT2D eigenvalue weighted by molar-refractivity contribution is 0.0954. The molecule has 0 saturated carbocycles. The standard InChI is InChI=1S/C17H20N2O2S/c1-4-14(21-5-2)17-19-12(3)15(22-17)16(20)18-11-13-9-7-6-8-10-13/h4,6-10H,5,11H2,1-3H3,(H,18,20)/b14-4-. The first kappa shape index (κ1) is 16.2. The molecule has 1 amide bonds. The molecule has 0 atom stereocenters. The van der Waals surface area contributed by atoms with E-state index >= 15 is 0 Å². The number of allylic oxidation sites excluding steroid dienone is 1. The number of ether oxygens (including phenoxy) is 1. The molecule has 0 aliphatic rings. The molecule has 0 unspecified atom stereocenters. The Kier molecular flexibility index (Phi) is 5.72. The second-order valence-electron chi connectivity index (χ2n) is 4.69. The predicted octanol–water partition coefficient (Wildman–Crippen LogP) is 3.78. The normalized spacial score (nSPS) is 11.3. The number of nitrogens with zero attached hydrogens (tertiary/aromatic N) is 1. The van der Waals surface area contributed by atoms with Gasteiger partial charge in [-0.15, -0.1) is 11.3 Å². The summed E-state index contributed by atoms with van der Waals surface area (Å²) in [6, 6.07) is 9.84. The first-order valence-corrected chi connectivity index (χ1v) is 8.06. The summed E-state index contributed by atoms with van der Waals surface area (Å²) < 4.78 is 5.53. The van der Waals surface area contributed by atoms with Crippen molar-refractivity contribution in [3.05, 3.63) is 57.6 Å². The maximum atomic E-state index is 12.3. The van der Waals surface area contributed by atoms with Crippen molar-refractivity contribution < 1.29 is 9.53 Å². The van der Waals surface area contributed by atoms with E-state index < -0.39 is 0 Å². The summed E-state index contributed by atoms with van der Waals surface area (Å²) in [6.07, 6.45) is 1.87. The minimum absolute atomic E-state index is 0.0999. The Morgan fingerprint density at radius 2 is 2.09 bits per heavy atom. The first-order valence-electron chi connectivity index (χ1n) is 7.24. The molecule has 0 aliphatic carbocycles. The van der Waals surface area contributed by atoms with Gasteiger partial charge in [0.2, 0.25) is 0 Å². The zero-order valence-electron chi connectivity index (χ0n) is 13.1. The minimum atomic E-state index is -0.0999. The van der Waals surface area contributed by atoms with Crippen molar-refractivity contribution in [2.45, 2.75) is 27.3 Å². The smallest absolute Gasteiger partial charge is 0.263 e. The van der Waals surface area contributed by atoms with Crippen LogP contribution in [0.5, 0.6) is 0 Å². The summed E-state index contributed by atoms with van der Waals surface area (Å²) in [5.74, 6) is 0.620. The van der Waals surface area contributed by atoms with E-state index in [1.807, 2.05) is 57.2 Å². The minimum Gasteiger partial charge on any atom is -0.491 e. The zero-order chi connectivity index (χ0) is 15.9. The topological polar surface area (TPSA) is 51.2 Å². The van der Waals surface area contributed by atoms with Gasteiger partial charge in [-0.25, -0.2) is 4.98 Å². The Morgan fingerprint density at radius 3 is 2.73 bits per heavy atom. The number of aromatic nitrogens is 1. The van der Waals surface area contributed by atoms with Crippen LogP contribution in [0.15, 0.2) is 36.4 Å². The van der Waals surface area contributed by atoms with Crippen molar-refractivity contribution in [3.8, 4) is 0 Å². The zero-order valence-corrected chi connectivity index (χ0v) is 13.9. The van der Waals surface area contributed by atoms with Crippen molar-refractivity contribution in [1.29, 1.82) is 0 Å². The predicted molar refractivity (Wildman–Crippen MR) is 89.7 cm³/mol. The van der Waals surface area contributed by atoms with Gasteiger partial charge in [-0.3, -0.25) is 4.79 Å². The van der Waals surface area contributed by atoms with E-state index in [2.05, 4.69) is 10.3 Å². The van der Waals surface area contributed by atoms with Crippen LogP contribution in [-0.2, 0) is 11.3 Å². The van der Waals surface area contributed by atoms with E-state index in [1.165, 1.54) is 11.3 Å². The summed E-state index contributed by atoms with van der Waals surface area (Å²) in [7, 11) is 0. The van der Waals surface area contributed by atoms with Gasteiger partial charge < -0.3 is 10.1 Å². The highest BCUT2D eigenvalue weighted by Gasteiger charge is 2.17. The number of carbonyl (C=O) groups excluding carboxylic acids is 1. The van der Waals surface area contributed by atoms with Gasteiger partial charge in [0, 0.05) is 6.54 Å². The molecule has 0 spiro atoms. The molecule has 2 aromatic rings. The number of amides is 1. The van der Waals surface area contributed by atoms with E-state index in [1.54, 1.807) is 0 Å². The molecule has 22 heavy (non-hydrogen) atoms. The summed E-state index contributed by atoms with van der Waals surface area (Å²) in [5.41, 5.74) is 1.80. The molecule has 0 fully saturated rings. The Bertz CT molecular complexity index is 663. The van der Waals surface area contributed by atoms with Crippen LogP contribution in [0.1, 0.15) is 39.8 Å². The summed E-state index contributed by atoms with van der Waals surface area (Å²) in [5, 5.41) is 3.67. The molecule has 116 valence electrons. The molecule has 0 bridgehead atoms. The largest absolute Gasteiger partial charge is 0.491 e. The molecule has 5 heteroatoms. The lowest BCUT2D eigenvalue weighted by atomic mass is 10.2. The maximum absolute atomic E-state index is 12.3. The molecular weight excluding hydrogens is 296 g/mol. The van der Waals surface area contributed by atoms with Gasteiger partial charge >= 0.3 is 0 Å². The molecule has 1 heterocycles. The lowest BCUT2D eigenvalue weighted by Gasteiger charge is -2.04. The quantitative estimate of drug-likeness (QED) is 0.825. The van der Waals surface area contributed by atoms with Crippen LogP contribution < -0.4 is 5.32 Å². The van der Waals surface area contributed by atoms with Crippen LogP contribution in [0, 0.1) is 6.92 Å². The third-order valence-corrected chi connectivity index (χ3v) is 4.24. The summed E-state index contributed by atoms with van der Waals surface area (Å²) in [6.45, 7) is 6.76. The molecule has 2 rings (SSSR count). The van der Waals surface area contributed by atoms with Crippen LogP contribution >= 0.6 is 11.3 Å². The lowest BCUT2D eigenvalue weighted by Crippen LogP contribution is -2.22. The Morgan fingerprint density at radius 1 is 1.36 bits per heavy atom. The van der Waals surface area contributed by atoms with Crippen LogP contribution in [0.2, 0.25) is 0 Å².